The highest BCUT2D eigenvalue weighted by Gasteiger charge is 2.48. The van der Waals surface area contributed by atoms with Crippen LogP contribution < -0.4 is 5.73 Å². The second-order valence-electron chi connectivity index (χ2n) is 8.12. The first kappa shape index (κ1) is 25.5. The van der Waals surface area contributed by atoms with E-state index < -0.39 is 48.8 Å². The summed E-state index contributed by atoms with van der Waals surface area (Å²) in [6.07, 6.45) is -2.10. The maximum absolute atomic E-state index is 13.6. The Morgan fingerprint density at radius 2 is 1.85 bits per heavy atom. The van der Waals surface area contributed by atoms with Crippen LogP contribution in [-0.4, -0.2) is 51.8 Å². The number of aliphatic hydroxyl groups excluding tert-OH is 2. The Hall–Kier alpha value is -2.16. The van der Waals surface area contributed by atoms with E-state index in [1.54, 1.807) is 42.5 Å². The molecule has 0 unspecified atom stereocenters. The summed E-state index contributed by atoms with van der Waals surface area (Å²) in [5.41, 5.74) is 7.16. The predicted octanol–water partition coefficient (Wildman–Crippen LogP) is 3.40. The first-order valence-electron chi connectivity index (χ1n) is 10.8. The highest BCUT2D eigenvalue weighted by atomic mass is 35.5. The molecule has 7 nitrogen and oxygen atoms in total. The van der Waals surface area contributed by atoms with Crippen molar-refractivity contribution in [2.45, 2.75) is 56.6 Å². The summed E-state index contributed by atoms with van der Waals surface area (Å²) in [5, 5.41) is 20.4. The first-order chi connectivity index (χ1) is 15.8. The van der Waals surface area contributed by atoms with Gasteiger partial charge in [-0.2, -0.15) is 0 Å². The average molecular weight is 495 g/mol. The molecule has 5 atom stereocenters. The van der Waals surface area contributed by atoms with Crippen molar-refractivity contribution in [2.24, 2.45) is 5.73 Å². The third-order valence-electron chi connectivity index (χ3n) is 5.74. The van der Waals surface area contributed by atoms with Gasteiger partial charge < -0.3 is 25.6 Å². The molecule has 9 heteroatoms. The lowest BCUT2D eigenvalue weighted by atomic mass is 9.88. The predicted molar refractivity (Wildman–Crippen MR) is 126 cm³/mol. The van der Waals surface area contributed by atoms with E-state index in [0.29, 0.717) is 34.0 Å². The molecule has 1 fully saturated rings. The van der Waals surface area contributed by atoms with Gasteiger partial charge in [0.15, 0.2) is 0 Å². The maximum atomic E-state index is 13.6. The van der Waals surface area contributed by atoms with Crippen molar-refractivity contribution in [1.29, 1.82) is 0 Å². The molecule has 1 aliphatic rings. The first-order valence-corrected chi connectivity index (χ1v) is 11.6. The summed E-state index contributed by atoms with van der Waals surface area (Å²) in [6.45, 7) is 1.38. The van der Waals surface area contributed by atoms with E-state index in [4.69, 9.17) is 33.7 Å². The van der Waals surface area contributed by atoms with E-state index in [1.165, 1.54) is 4.90 Å². The Morgan fingerprint density at radius 1 is 1.15 bits per heavy atom. The van der Waals surface area contributed by atoms with Crippen molar-refractivity contribution in [3.8, 4) is 0 Å². The lowest BCUT2D eigenvalue weighted by Gasteiger charge is -2.47. The Kier molecular flexibility index (Phi) is 8.73. The standard InChI is InChI=1S/C24H28Cl2N2O5/c1-2-4-19(23(27)31)28-21(14-7-9-16(25)10-8-14)22(15-5-3-6-17(26)11-15)33-20(24(28)32)12-18(30)13-29/h3,5-11,18-22,29-30H,2,4,12-13H2,1H3,(H2,27,31)/t18-,19+,20-,21+,22-/m0/s1. The fourth-order valence-corrected chi connectivity index (χ4v) is 4.54. The smallest absolute Gasteiger partial charge is 0.253 e. The van der Waals surface area contributed by atoms with Gasteiger partial charge in [0.1, 0.15) is 18.2 Å². The zero-order chi connectivity index (χ0) is 24.1. The maximum Gasteiger partial charge on any atom is 0.253 e. The van der Waals surface area contributed by atoms with Crippen LogP contribution in [-0.2, 0) is 14.3 Å². The van der Waals surface area contributed by atoms with Gasteiger partial charge in [-0.3, -0.25) is 9.59 Å². The Bertz CT molecular complexity index is 972. The van der Waals surface area contributed by atoms with E-state index in [1.807, 2.05) is 13.0 Å². The van der Waals surface area contributed by atoms with Crippen LogP contribution in [0.1, 0.15) is 49.5 Å². The molecule has 2 aromatic carbocycles. The van der Waals surface area contributed by atoms with Crippen LogP contribution in [0.2, 0.25) is 10.0 Å². The van der Waals surface area contributed by atoms with Gasteiger partial charge in [0.25, 0.3) is 5.91 Å². The molecule has 0 aromatic heterocycles. The van der Waals surface area contributed by atoms with Crippen LogP contribution in [0.4, 0.5) is 0 Å². The van der Waals surface area contributed by atoms with Crippen LogP contribution in [0, 0.1) is 0 Å². The number of carbonyl (C=O) groups excluding carboxylic acids is 2. The molecule has 0 spiro atoms. The topological polar surface area (TPSA) is 113 Å². The van der Waals surface area contributed by atoms with Gasteiger partial charge >= 0.3 is 0 Å². The molecule has 0 bridgehead atoms. The fraction of sp³-hybridized carbons (Fsp3) is 0.417. The van der Waals surface area contributed by atoms with Gasteiger partial charge in [0.2, 0.25) is 5.91 Å². The van der Waals surface area contributed by atoms with Gasteiger partial charge in [-0.15, -0.1) is 0 Å². The van der Waals surface area contributed by atoms with Crippen molar-refractivity contribution in [1.82, 2.24) is 4.90 Å². The normalized spacial score (nSPS) is 22.8. The number of morpholine rings is 1. The minimum atomic E-state index is -1.16. The van der Waals surface area contributed by atoms with Gasteiger partial charge in [-0.1, -0.05) is 60.8 Å². The molecule has 4 N–H and O–H groups in total. The summed E-state index contributed by atoms with van der Waals surface area (Å²) < 4.78 is 6.24. The number of halogens is 2. The molecule has 0 radical (unpaired) electrons. The number of nitrogens with two attached hydrogens (primary N) is 1. The number of nitrogens with zero attached hydrogens (tertiary/aromatic N) is 1. The number of hydrogen-bond donors (Lipinski definition) is 3. The average Bonchev–Trinajstić information content (AvgIpc) is 2.79. The summed E-state index contributed by atoms with van der Waals surface area (Å²) in [5.74, 6) is -1.10. The quantitative estimate of drug-likeness (QED) is 0.494. The molecule has 178 valence electrons. The van der Waals surface area contributed by atoms with Crippen LogP contribution >= 0.6 is 23.2 Å². The molecule has 1 saturated heterocycles. The summed E-state index contributed by atoms with van der Waals surface area (Å²) in [7, 11) is 0. The number of carbonyl (C=O) groups is 2. The lowest BCUT2D eigenvalue weighted by molar-refractivity contribution is -0.185. The molecule has 2 aromatic rings. The molecular formula is C24H28Cl2N2O5. The molecule has 1 heterocycles. The summed E-state index contributed by atoms with van der Waals surface area (Å²) >= 11 is 12.3. The van der Waals surface area contributed by atoms with E-state index >= 15 is 0 Å². The SMILES string of the molecule is CCC[C@H](C(N)=O)N1C(=O)[C@H](C[C@H](O)CO)O[C@@H](c2cccc(Cl)c2)[C@H]1c1ccc(Cl)cc1. The zero-order valence-corrected chi connectivity index (χ0v) is 19.7. The van der Waals surface area contributed by atoms with E-state index in [2.05, 4.69) is 0 Å². The third-order valence-corrected chi connectivity index (χ3v) is 6.23. The minimum Gasteiger partial charge on any atom is -0.394 e. The summed E-state index contributed by atoms with van der Waals surface area (Å²) in [4.78, 5) is 27.6. The molecular weight excluding hydrogens is 467 g/mol. The van der Waals surface area contributed by atoms with E-state index in [-0.39, 0.29) is 6.42 Å². The molecule has 0 saturated carbocycles. The molecule has 33 heavy (non-hydrogen) atoms. The van der Waals surface area contributed by atoms with Crippen molar-refractivity contribution in [3.05, 3.63) is 69.7 Å². The lowest BCUT2D eigenvalue weighted by Crippen LogP contribution is -2.58. The van der Waals surface area contributed by atoms with Crippen molar-refractivity contribution in [3.63, 3.8) is 0 Å². The summed E-state index contributed by atoms with van der Waals surface area (Å²) in [6, 6.07) is 12.4. The zero-order valence-electron chi connectivity index (χ0n) is 18.2. The number of aliphatic hydroxyl groups is 2. The van der Waals surface area contributed by atoms with Crippen LogP contribution in [0.3, 0.4) is 0 Å². The molecule has 0 aliphatic carbocycles. The highest BCUT2D eigenvalue weighted by Crippen LogP contribution is 2.44. The number of amides is 2. The number of benzene rings is 2. The second-order valence-corrected chi connectivity index (χ2v) is 8.99. The van der Waals surface area contributed by atoms with Crippen molar-refractivity contribution < 1.29 is 24.5 Å². The van der Waals surface area contributed by atoms with Gasteiger partial charge in [0.05, 0.1) is 18.8 Å². The van der Waals surface area contributed by atoms with Crippen LogP contribution in [0.15, 0.2) is 48.5 Å². The van der Waals surface area contributed by atoms with Crippen molar-refractivity contribution >= 4 is 35.0 Å². The minimum absolute atomic E-state index is 0.131. The molecule has 2 amide bonds. The van der Waals surface area contributed by atoms with Gasteiger partial charge in [-0.05, 0) is 41.8 Å². The van der Waals surface area contributed by atoms with Crippen LogP contribution in [0.25, 0.3) is 0 Å². The number of primary amides is 1. The molecule has 1 aliphatic heterocycles. The fourth-order valence-electron chi connectivity index (χ4n) is 4.22. The van der Waals surface area contributed by atoms with E-state index in [0.717, 1.165) is 0 Å². The van der Waals surface area contributed by atoms with E-state index in [9.17, 15) is 19.8 Å². The van der Waals surface area contributed by atoms with Gasteiger partial charge in [0, 0.05) is 16.5 Å². The van der Waals surface area contributed by atoms with Crippen molar-refractivity contribution in [2.75, 3.05) is 6.61 Å². The molecule has 3 rings (SSSR count). The number of hydrogen-bond acceptors (Lipinski definition) is 5. The van der Waals surface area contributed by atoms with Crippen LogP contribution in [0.5, 0.6) is 0 Å². The monoisotopic (exact) mass is 494 g/mol. The second kappa shape index (κ2) is 11.3. The number of rotatable bonds is 9. The Labute approximate surface area is 203 Å². The van der Waals surface area contributed by atoms with Gasteiger partial charge in [-0.25, -0.2) is 0 Å². The Balaban J connectivity index is 2.18. The number of ether oxygens (including phenoxy) is 1. The largest absolute Gasteiger partial charge is 0.394 e. The third kappa shape index (κ3) is 5.86. The Morgan fingerprint density at radius 3 is 2.42 bits per heavy atom. The highest BCUT2D eigenvalue weighted by molar-refractivity contribution is 6.30.